The maximum Gasteiger partial charge on any atom is 0.227 e. The van der Waals surface area contributed by atoms with E-state index in [2.05, 4.69) is 20.9 Å². The average Bonchev–Trinajstić information content (AvgIpc) is 2.62. The van der Waals surface area contributed by atoms with Crippen LogP contribution < -0.4 is 0 Å². The van der Waals surface area contributed by atoms with E-state index in [1.165, 1.54) is 0 Å². The zero-order valence-electron chi connectivity index (χ0n) is 6.96. The van der Waals surface area contributed by atoms with Gasteiger partial charge in [-0.1, -0.05) is 0 Å². The molecule has 2 rings (SSSR count). The second-order valence-corrected chi connectivity index (χ2v) is 3.92. The molecule has 1 aliphatic rings. The summed E-state index contributed by atoms with van der Waals surface area (Å²) in [5.41, 5.74) is 0.790. The zero-order chi connectivity index (χ0) is 9.26. The molecule has 0 bridgehead atoms. The monoisotopic (exact) mass is 245 g/mol. The van der Waals surface area contributed by atoms with E-state index in [9.17, 15) is 4.39 Å². The molecule has 1 aromatic rings. The Kier molecular flexibility index (Phi) is 2.60. The molecule has 0 radical (unpaired) electrons. The number of hydrogen-bond acceptors (Lipinski definition) is 2. The summed E-state index contributed by atoms with van der Waals surface area (Å²) in [7, 11) is 0. The summed E-state index contributed by atoms with van der Waals surface area (Å²) < 4.78 is 18.7. The smallest absolute Gasteiger partial charge is 0.227 e. The van der Waals surface area contributed by atoms with E-state index in [-0.39, 0.29) is 5.92 Å². The first kappa shape index (κ1) is 9.09. The molecule has 2 nitrogen and oxygen atoms in total. The summed E-state index contributed by atoms with van der Waals surface area (Å²) in [6.07, 6.45) is 0.939. The predicted octanol–water partition coefficient (Wildman–Crippen LogP) is 2.49. The first-order valence-corrected chi connectivity index (χ1v) is 4.96. The highest BCUT2D eigenvalue weighted by Crippen LogP contribution is 2.25. The molecule has 1 aliphatic heterocycles. The van der Waals surface area contributed by atoms with Gasteiger partial charge in [0.1, 0.15) is 0 Å². The van der Waals surface area contributed by atoms with Crippen LogP contribution in [0.5, 0.6) is 0 Å². The summed E-state index contributed by atoms with van der Waals surface area (Å²) >= 11 is 3.07. The van der Waals surface area contributed by atoms with Crippen LogP contribution in [-0.2, 0) is 4.74 Å². The van der Waals surface area contributed by atoms with Crippen LogP contribution in [0, 0.1) is 5.95 Å². The van der Waals surface area contributed by atoms with Crippen molar-refractivity contribution in [2.45, 2.75) is 12.3 Å². The zero-order valence-corrected chi connectivity index (χ0v) is 8.55. The Morgan fingerprint density at radius 2 is 2.38 bits per heavy atom. The van der Waals surface area contributed by atoms with Gasteiger partial charge in [0.05, 0.1) is 11.1 Å². The highest BCUT2D eigenvalue weighted by molar-refractivity contribution is 9.10. The van der Waals surface area contributed by atoms with Crippen molar-refractivity contribution in [2.24, 2.45) is 0 Å². The van der Waals surface area contributed by atoms with Gasteiger partial charge in [0, 0.05) is 18.2 Å². The van der Waals surface area contributed by atoms with Gasteiger partial charge in [-0.3, -0.25) is 0 Å². The van der Waals surface area contributed by atoms with E-state index in [4.69, 9.17) is 4.74 Å². The first-order valence-electron chi connectivity index (χ1n) is 4.17. The number of pyridine rings is 1. The molecule has 1 atom stereocenters. The number of aromatic nitrogens is 1. The van der Waals surface area contributed by atoms with Crippen molar-refractivity contribution in [3.63, 3.8) is 0 Å². The highest BCUT2D eigenvalue weighted by atomic mass is 79.9. The first-order chi connectivity index (χ1) is 6.27. The van der Waals surface area contributed by atoms with E-state index in [0.717, 1.165) is 18.7 Å². The van der Waals surface area contributed by atoms with E-state index < -0.39 is 5.95 Å². The van der Waals surface area contributed by atoms with Gasteiger partial charge in [0.15, 0.2) is 0 Å². The van der Waals surface area contributed by atoms with Crippen molar-refractivity contribution in [2.75, 3.05) is 13.2 Å². The number of ether oxygens (including phenoxy) is 1. The van der Waals surface area contributed by atoms with Gasteiger partial charge in [-0.15, -0.1) is 0 Å². The second-order valence-electron chi connectivity index (χ2n) is 3.07. The molecule has 0 aliphatic carbocycles. The third-order valence-corrected chi connectivity index (χ3v) is 2.76. The third kappa shape index (κ3) is 1.89. The quantitative estimate of drug-likeness (QED) is 0.710. The lowest BCUT2D eigenvalue weighted by Gasteiger charge is -2.06. The maximum atomic E-state index is 13.0. The highest BCUT2D eigenvalue weighted by Gasteiger charge is 2.19. The molecule has 1 aromatic heterocycles. The molecule has 2 heterocycles. The molecule has 70 valence electrons. The van der Waals surface area contributed by atoms with Crippen molar-refractivity contribution in [1.82, 2.24) is 4.98 Å². The van der Waals surface area contributed by atoms with Gasteiger partial charge in [0.25, 0.3) is 0 Å². The van der Waals surface area contributed by atoms with Gasteiger partial charge < -0.3 is 4.74 Å². The lowest BCUT2D eigenvalue weighted by atomic mass is 10.0. The van der Waals surface area contributed by atoms with Crippen LogP contribution in [0.3, 0.4) is 0 Å². The Hall–Kier alpha value is -0.480. The fourth-order valence-corrected chi connectivity index (χ4v) is 1.65. The van der Waals surface area contributed by atoms with Crippen molar-refractivity contribution in [3.8, 4) is 0 Å². The number of nitrogens with zero attached hydrogens (tertiary/aromatic N) is 1. The molecule has 0 N–H and O–H groups in total. The van der Waals surface area contributed by atoms with Crippen LogP contribution in [0.2, 0.25) is 0 Å². The number of halogens is 2. The van der Waals surface area contributed by atoms with Crippen LogP contribution in [0.1, 0.15) is 18.0 Å². The minimum Gasteiger partial charge on any atom is -0.381 e. The summed E-state index contributed by atoms with van der Waals surface area (Å²) in [6.45, 7) is 1.41. The van der Waals surface area contributed by atoms with Gasteiger partial charge >= 0.3 is 0 Å². The van der Waals surface area contributed by atoms with E-state index in [0.29, 0.717) is 11.1 Å². The number of rotatable bonds is 1. The Labute approximate surface area is 84.3 Å². The summed E-state index contributed by atoms with van der Waals surface area (Å²) in [5, 5.41) is 0. The molecule has 0 aromatic carbocycles. The molecule has 13 heavy (non-hydrogen) atoms. The van der Waals surface area contributed by atoms with E-state index in [1.807, 2.05) is 6.07 Å². The molecule has 4 heteroatoms. The molecule has 0 spiro atoms. The predicted molar refractivity (Wildman–Crippen MR) is 50.1 cm³/mol. The van der Waals surface area contributed by atoms with Gasteiger partial charge in [-0.05, 0) is 34.5 Å². The van der Waals surface area contributed by atoms with Crippen molar-refractivity contribution in [1.29, 1.82) is 0 Å². The molecule has 0 amide bonds. The second kappa shape index (κ2) is 3.72. The van der Waals surface area contributed by atoms with Crippen LogP contribution in [0.15, 0.2) is 16.6 Å². The van der Waals surface area contributed by atoms with Crippen molar-refractivity contribution in [3.05, 3.63) is 28.2 Å². The molecule has 1 fully saturated rings. The molecular weight excluding hydrogens is 237 g/mol. The van der Waals surface area contributed by atoms with Gasteiger partial charge in [-0.25, -0.2) is 4.98 Å². The normalized spacial score (nSPS) is 22.2. The molecular formula is C9H9BrFNO. The van der Waals surface area contributed by atoms with Gasteiger partial charge in [-0.2, -0.15) is 4.39 Å². The maximum absolute atomic E-state index is 13.0. The van der Waals surface area contributed by atoms with Crippen molar-refractivity contribution < 1.29 is 9.13 Å². The topological polar surface area (TPSA) is 22.1 Å². The standard InChI is InChI=1S/C9H9BrFNO/c10-7-1-2-8(12-9(7)11)6-3-4-13-5-6/h1-2,6H,3-5H2. The minimum atomic E-state index is -0.440. The fourth-order valence-electron chi connectivity index (χ4n) is 1.43. The minimum absolute atomic E-state index is 0.266. The summed E-state index contributed by atoms with van der Waals surface area (Å²) in [4.78, 5) is 3.86. The Morgan fingerprint density at radius 3 is 3.00 bits per heavy atom. The average molecular weight is 246 g/mol. The molecule has 0 saturated carbocycles. The Balaban J connectivity index is 2.25. The lowest BCUT2D eigenvalue weighted by molar-refractivity contribution is 0.193. The van der Waals surface area contributed by atoms with Crippen LogP contribution in [-0.4, -0.2) is 18.2 Å². The fraction of sp³-hybridized carbons (Fsp3) is 0.444. The van der Waals surface area contributed by atoms with Gasteiger partial charge in [0.2, 0.25) is 5.95 Å². The summed E-state index contributed by atoms with van der Waals surface area (Å²) in [6, 6.07) is 3.53. The van der Waals surface area contributed by atoms with Crippen LogP contribution in [0.4, 0.5) is 4.39 Å². The van der Waals surface area contributed by atoms with Crippen LogP contribution in [0.25, 0.3) is 0 Å². The largest absolute Gasteiger partial charge is 0.381 e. The van der Waals surface area contributed by atoms with Crippen LogP contribution >= 0.6 is 15.9 Å². The Bertz CT molecular complexity index is 312. The van der Waals surface area contributed by atoms with Crippen molar-refractivity contribution >= 4 is 15.9 Å². The lowest BCUT2D eigenvalue weighted by Crippen LogP contribution is -2.02. The third-order valence-electron chi connectivity index (χ3n) is 2.17. The SMILES string of the molecule is Fc1nc(C2CCOC2)ccc1Br. The number of hydrogen-bond donors (Lipinski definition) is 0. The Morgan fingerprint density at radius 1 is 1.54 bits per heavy atom. The van der Waals surface area contributed by atoms with E-state index >= 15 is 0 Å². The van der Waals surface area contributed by atoms with E-state index in [1.54, 1.807) is 6.07 Å². The molecule has 1 unspecified atom stereocenters. The summed E-state index contributed by atoms with van der Waals surface area (Å²) in [5.74, 6) is -0.174. The molecule has 1 saturated heterocycles.